The van der Waals surface area contributed by atoms with Gasteiger partial charge in [-0.1, -0.05) is 41.9 Å². The molecule has 0 fully saturated rings. The summed E-state index contributed by atoms with van der Waals surface area (Å²) in [5, 5.41) is 6.71. The van der Waals surface area contributed by atoms with Crippen LogP contribution in [0.3, 0.4) is 0 Å². The summed E-state index contributed by atoms with van der Waals surface area (Å²) in [6.07, 6.45) is 2.34. The maximum atomic E-state index is 13.3. The molecule has 0 spiro atoms. The highest BCUT2D eigenvalue weighted by Gasteiger charge is 2.27. The van der Waals surface area contributed by atoms with Crippen LogP contribution in [0.25, 0.3) is 11.1 Å². The summed E-state index contributed by atoms with van der Waals surface area (Å²) in [6, 6.07) is 18.9. The van der Waals surface area contributed by atoms with E-state index in [4.69, 9.17) is 21.1 Å². The summed E-state index contributed by atoms with van der Waals surface area (Å²) in [6.45, 7) is 1.98. The Balaban J connectivity index is 1.55. The fraction of sp³-hybridized carbons (Fsp3) is 0.231. The molecule has 0 saturated heterocycles. The second-order valence-corrected chi connectivity index (χ2v) is 8.32. The number of hydrogen-bond acceptors (Lipinski definition) is 4. The number of hydrogen-bond donors (Lipinski definition) is 0. The van der Waals surface area contributed by atoms with E-state index in [-0.39, 0.29) is 12.1 Å². The molecule has 6 nitrogen and oxygen atoms in total. The third kappa shape index (κ3) is 4.52. The van der Waals surface area contributed by atoms with Gasteiger partial charge in [-0.25, -0.2) is 9.80 Å². The van der Waals surface area contributed by atoms with Crippen LogP contribution in [0.1, 0.15) is 18.1 Å². The molecule has 4 rings (SSSR count). The molecular formula is C26H26ClN3O3. The number of carbonyl (C=O) groups excluding carboxylic acids is 1. The molecule has 0 saturated carbocycles. The van der Waals surface area contributed by atoms with Crippen LogP contribution in [0.5, 0.6) is 11.5 Å². The van der Waals surface area contributed by atoms with E-state index in [2.05, 4.69) is 5.10 Å². The molecule has 2 amide bonds. The second kappa shape index (κ2) is 9.55. The van der Waals surface area contributed by atoms with E-state index < -0.39 is 0 Å². The van der Waals surface area contributed by atoms with Crippen molar-refractivity contribution < 1.29 is 14.3 Å². The first kappa shape index (κ1) is 22.7. The predicted molar refractivity (Wildman–Crippen MR) is 133 cm³/mol. The summed E-state index contributed by atoms with van der Waals surface area (Å²) in [7, 11) is 4.96. The highest BCUT2D eigenvalue weighted by atomic mass is 35.5. The van der Waals surface area contributed by atoms with Crippen LogP contribution in [0.15, 0.2) is 65.8 Å². The van der Waals surface area contributed by atoms with Gasteiger partial charge >= 0.3 is 6.03 Å². The molecule has 1 atom stereocenters. The first-order chi connectivity index (χ1) is 15.9. The van der Waals surface area contributed by atoms with E-state index in [1.54, 1.807) is 32.4 Å². The largest absolute Gasteiger partial charge is 0.493 e. The van der Waals surface area contributed by atoms with Crippen molar-refractivity contribution in [3.8, 4) is 22.6 Å². The van der Waals surface area contributed by atoms with E-state index in [0.717, 1.165) is 27.9 Å². The molecule has 0 aliphatic carbocycles. The Morgan fingerprint density at radius 1 is 1.06 bits per heavy atom. The van der Waals surface area contributed by atoms with Gasteiger partial charge in [0.05, 0.1) is 26.5 Å². The minimum absolute atomic E-state index is 0.141. The topological polar surface area (TPSA) is 54.4 Å². The maximum Gasteiger partial charge on any atom is 0.344 e. The Hall–Kier alpha value is -3.51. The van der Waals surface area contributed by atoms with Crippen LogP contribution < -0.4 is 14.4 Å². The van der Waals surface area contributed by atoms with Crippen LogP contribution in [-0.2, 0) is 6.42 Å². The van der Waals surface area contributed by atoms with Gasteiger partial charge in [0.25, 0.3) is 0 Å². The van der Waals surface area contributed by atoms with Crippen LogP contribution >= 0.6 is 11.6 Å². The fourth-order valence-electron chi connectivity index (χ4n) is 3.94. The number of carbonyl (C=O) groups is 1. The standard InChI is InChI=1S/C26H26ClN3O3/c1-17-13-19-14-24(32-3)25(33-4)15-20(19)16-28-30(17)26(31)29(2)21-11-9-18(10-12-21)22-7-5-6-8-23(22)27/h5-12,14-17H,13H2,1-4H3. The lowest BCUT2D eigenvalue weighted by Crippen LogP contribution is -2.43. The van der Waals surface area contributed by atoms with Gasteiger partial charge in [0.1, 0.15) is 0 Å². The molecule has 0 N–H and O–H groups in total. The van der Waals surface area contributed by atoms with Crippen LogP contribution in [-0.4, -0.2) is 44.6 Å². The zero-order chi connectivity index (χ0) is 23.5. The Labute approximate surface area is 199 Å². The molecule has 170 valence electrons. The van der Waals surface area contributed by atoms with Crippen molar-refractivity contribution in [1.29, 1.82) is 0 Å². The molecule has 1 unspecified atom stereocenters. The number of methoxy groups -OCH3 is 2. The highest BCUT2D eigenvalue weighted by molar-refractivity contribution is 6.33. The molecular weight excluding hydrogens is 438 g/mol. The van der Waals surface area contributed by atoms with Crippen molar-refractivity contribution in [1.82, 2.24) is 5.01 Å². The molecule has 1 aliphatic rings. The molecule has 3 aromatic carbocycles. The SMILES string of the molecule is COc1cc2c(cc1OC)CC(C)N(C(=O)N(C)c1ccc(-c3ccccc3Cl)cc1)N=C2. The molecule has 0 bridgehead atoms. The lowest BCUT2D eigenvalue weighted by Gasteiger charge is -2.28. The summed E-state index contributed by atoms with van der Waals surface area (Å²) < 4.78 is 10.8. The number of fused-ring (bicyclic) bond motifs is 1. The number of amides is 2. The summed E-state index contributed by atoms with van der Waals surface area (Å²) >= 11 is 6.32. The van der Waals surface area contributed by atoms with E-state index in [1.165, 1.54) is 5.01 Å². The number of anilines is 1. The van der Waals surface area contributed by atoms with Crippen LogP contribution in [0, 0.1) is 0 Å². The van der Waals surface area contributed by atoms with Gasteiger partial charge in [-0.05, 0) is 54.8 Å². The monoisotopic (exact) mass is 463 g/mol. The van der Waals surface area contributed by atoms with Gasteiger partial charge in [0, 0.05) is 28.9 Å². The number of nitrogens with zero attached hydrogens (tertiary/aromatic N) is 3. The highest BCUT2D eigenvalue weighted by Crippen LogP contribution is 2.33. The fourth-order valence-corrected chi connectivity index (χ4v) is 4.18. The third-order valence-electron chi connectivity index (χ3n) is 5.82. The van der Waals surface area contributed by atoms with Gasteiger partial charge in [0.2, 0.25) is 0 Å². The van der Waals surface area contributed by atoms with Crippen LogP contribution in [0.4, 0.5) is 10.5 Å². The van der Waals surface area contributed by atoms with Crippen molar-refractivity contribution in [2.75, 3.05) is 26.2 Å². The molecule has 3 aromatic rings. The molecule has 7 heteroatoms. The Kier molecular flexibility index (Phi) is 6.56. The van der Waals surface area contributed by atoms with Gasteiger partial charge in [-0.15, -0.1) is 0 Å². The number of rotatable bonds is 4. The minimum atomic E-state index is -0.212. The number of ether oxygens (including phenoxy) is 2. The number of urea groups is 1. The number of halogens is 1. The Bertz CT molecular complexity index is 1190. The minimum Gasteiger partial charge on any atom is -0.493 e. The molecule has 0 radical (unpaired) electrons. The van der Waals surface area contributed by atoms with Gasteiger partial charge in [-0.2, -0.15) is 5.10 Å². The molecule has 1 heterocycles. The predicted octanol–water partition coefficient (Wildman–Crippen LogP) is 5.86. The number of benzene rings is 3. The van der Waals surface area contributed by atoms with Crippen molar-refractivity contribution in [3.63, 3.8) is 0 Å². The molecule has 33 heavy (non-hydrogen) atoms. The maximum absolute atomic E-state index is 13.3. The van der Waals surface area contributed by atoms with E-state index >= 15 is 0 Å². The second-order valence-electron chi connectivity index (χ2n) is 7.92. The number of hydrazone groups is 1. The van der Waals surface area contributed by atoms with Crippen molar-refractivity contribution in [2.24, 2.45) is 5.10 Å². The van der Waals surface area contributed by atoms with E-state index in [9.17, 15) is 4.79 Å². The van der Waals surface area contributed by atoms with Crippen molar-refractivity contribution in [2.45, 2.75) is 19.4 Å². The Morgan fingerprint density at radius 2 is 1.73 bits per heavy atom. The first-order valence-electron chi connectivity index (χ1n) is 10.6. The summed E-state index contributed by atoms with van der Waals surface area (Å²) in [5.74, 6) is 1.29. The summed E-state index contributed by atoms with van der Waals surface area (Å²) in [5.41, 5.74) is 4.66. The van der Waals surface area contributed by atoms with E-state index in [0.29, 0.717) is 22.9 Å². The van der Waals surface area contributed by atoms with Gasteiger partial charge in [0.15, 0.2) is 11.5 Å². The lowest BCUT2D eigenvalue weighted by atomic mass is 10.0. The average molecular weight is 464 g/mol. The zero-order valence-corrected chi connectivity index (χ0v) is 19.8. The van der Waals surface area contributed by atoms with Gasteiger partial charge in [-0.3, -0.25) is 4.90 Å². The molecule has 1 aliphatic heterocycles. The average Bonchev–Trinajstić information content (AvgIpc) is 3.00. The van der Waals surface area contributed by atoms with Crippen molar-refractivity contribution in [3.05, 3.63) is 76.8 Å². The zero-order valence-electron chi connectivity index (χ0n) is 19.1. The smallest absolute Gasteiger partial charge is 0.344 e. The quantitative estimate of drug-likeness (QED) is 0.486. The third-order valence-corrected chi connectivity index (χ3v) is 6.15. The van der Waals surface area contributed by atoms with Crippen LogP contribution in [0.2, 0.25) is 5.02 Å². The first-order valence-corrected chi connectivity index (χ1v) is 11.0. The lowest BCUT2D eigenvalue weighted by molar-refractivity contribution is 0.190. The Morgan fingerprint density at radius 3 is 2.39 bits per heavy atom. The van der Waals surface area contributed by atoms with Gasteiger partial charge < -0.3 is 9.47 Å². The normalized spacial score (nSPS) is 14.9. The molecule has 0 aromatic heterocycles. The summed E-state index contributed by atoms with van der Waals surface area (Å²) in [4.78, 5) is 14.9. The van der Waals surface area contributed by atoms with Crippen molar-refractivity contribution >= 4 is 29.5 Å². The van der Waals surface area contributed by atoms with E-state index in [1.807, 2.05) is 67.6 Å².